The first-order valence-corrected chi connectivity index (χ1v) is 7.27. The van der Waals surface area contributed by atoms with Crippen LogP contribution in [-0.4, -0.2) is 23.1 Å². The van der Waals surface area contributed by atoms with Gasteiger partial charge in [-0.1, -0.05) is 29.3 Å². The van der Waals surface area contributed by atoms with Crippen molar-refractivity contribution in [1.82, 2.24) is 4.90 Å². The highest BCUT2D eigenvalue weighted by Gasteiger charge is 2.32. The van der Waals surface area contributed by atoms with Crippen molar-refractivity contribution in [2.75, 3.05) is 12.3 Å². The van der Waals surface area contributed by atoms with Crippen LogP contribution in [0, 0.1) is 5.92 Å². The van der Waals surface area contributed by atoms with Gasteiger partial charge in [0.1, 0.15) is 0 Å². The molecule has 0 aliphatic carbocycles. The van der Waals surface area contributed by atoms with Gasteiger partial charge in [0.15, 0.2) is 0 Å². The van der Waals surface area contributed by atoms with Gasteiger partial charge < -0.3 is 4.90 Å². The number of amides is 1. The minimum Gasteiger partial charge on any atom is -0.336 e. The van der Waals surface area contributed by atoms with Crippen LogP contribution in [0.2, 0.25) is 10.0 Å². The van der Waals surface area contributed by atoms with Crippen molar-refractivity contribution >= 4 is 41.7 Å². The molecule has 18 heavy (non-hydrogen) atoms. The number of carbonyl (C=O) groups is 1. The molecule has 0 aromatic heterocycles. The third kappa shape index (κ3) is 2.79. The van der Waals surface area contributed by atoms with Crippen molar-refractivity contribution < 1.29 is 4.79 Å². The highest BCUT2D eigenvalue weighted by atomic mass is 35.5. The molecule has 2 rings (SSSR count). The lowest BCUT2D eigenvalue weighted by Crippen LogP contribution is -2.28. The molecule has 1 aromatic rings. The van der Waals surface area contributed by atoms with Crippen LogP contribution >= 0.6 is 35.8 Å². The fourth-order valence-electron chi connectivity index (χ4n) is 2.31. The molecule has 2 unspecified atom stereocenters. The highest BCUT2D eigenvalue weighted by molar-refractivity contribution is 7.80. The third-order valence-corrected chi connectivity index (χ3v) is 4.46. The van der Waals surface area contributed by atoms with Crippen LogP contribution in [0.4, 0.5) is 0 Å². The summed E-state index contributed by atoms with van der Waals surface area (Å²) in [5.74, 6) is 1.26. The summed E-state index contributed by atoms with van der Waals surface area (Å²) in [6.45, 7) is 2.75. The number of halogens is 2. The molecule has 0 saturated carbocycles. The molecule has 1 aliphatic rings. The number of rotatable bonds is 3. The standard InChI is InChI=1S/C13H15Cl2NOS/c1-8(11-3-2-10(14)5-12(11)15)16-6-9(7-18)4-13(16)17/h2-3,5,8-9,18H,4,6-7H2,1H3. The van der Waals surface area contributed by atoms with Crippen LogP contribution < -0.4 is 0 Å². The van der Waals surface area contributed by atoms with Crippen molar-refractivity contribution in [3.63, 3.8) is 0 Å². The van der Waals surface area contributed by atoms with Gasteiger partial charge in [-0.2, -0.15) is 12.6 Å². The third-order valence-electron chi connectivity index (χ3n) is 3.38. The molecule has 2 nitrogen and oxygen atoms in total. The molecule has 5 heteroatoms. The van der Waals surface area contributed by atoms with Gasteiger partial charge in [0, 0.05) is 23.0 Å². The average molecular weight is 304 g/mol. The zero-order valence-electron chi connectivity index (χ0n) is 10.1. The van der Waals surface area contributed by atoms with Crippen molar-refractivity contribution in [3.8, 4) is 0 Å². The second-order valence-electron chi connectivity index (χ2n) is 4.64. The van der Waals surface area contributed by atoms with Gasteiger partial charge in [-0.05, 0) is 36.3 Å². The van der Waals surface area contributed by atoms with Gasteiger partial charge >= 0.3 is 0 Å². The van der Waals surface area contributed by atoms with E-state index in [4.69, 9.17) is 23.2 Å². The molecule has 1 amide bonds. The minimum absolute atomic E-state index is 0.0212. The monoisotopic (exact) mass is 303 g/mol. The molecule has 0 radical (unpaired) electrons. The SMILES string of the molecule is CC(c1ccc(Cl)cc1Cl)N1CC(CS)CC1=O. The minimum atomic E-state index is -0.0212. The van der Waals surface area contributed by atoms with Crippen LogP contribution in [-0.2, 0) is 4.79 Å². The largest absolute Gasteiger partial charge is 0.336 e. The number of hydrogen-bond donors (Lipinski definition) is 1. The Labute approximate surface area is 123 Å². The Hall–Kier alpha value is -0.380. The molecule has 0 bridgehead atoms. The molecule has 1 saturated heterocycles. The van der Waals surface area contributed by atoms with E-state index in [1.165, 1.54) is 0 Å². The van der Waals surface area contributed by atoms with Gasteiger partial charge in [0.05, 0.1) is 6.04 Å². The summed E-state index contributed by atoms with van der Waals surface area (Å²) in [4.78, 5) is 13.8. The van der Waals surface area contributed by atoms with Crippen LogP contribution in [0.25, 0.3) is 0 Å². The first-order valence-electron chi connectivity index (χ1n) is 5.88. The Morgan fingerprint density at radius 3 is 2.78 bits per heavy atom. The Kier molecular flexibility index (Phi) is 4.46. The summed E-state index contributed by atoms with van der Waals surface area (Å²) in [5, 5.41) is 1.22. The van der Waals surface area contributed by atoms with Crippen molar-refractivity contribution in [1.29, 1.82) is 0 Å². The van der Waals surface area contributed by atoms with E-state index in [1.807, 2.05) is 17.9 Å². The first-order chi connectivity index (χ1) is 8.52. The molecule has 0 N–H and O–H groups in total. The summed E-state index contributed by atoms with van der Waals surface area (Å²) >= 11 is 16.3. The van der Waals surface area contributed by atoms with Crippen LogP contribution in [0.1, 0.15) is 24.9 Å². The van der Waals surface area contributed by atoms with Crippen molar-refractivity contribution in [2.45, 2.75) is 19.4 Å². The van der Waals surface area contributed by atoms with Gasteiger partial charge in [-0.25, -0.2) is 0 Å². The average Bonchev–Trinajstić information content (AvgIpc) is 2.70. The molecule has 1 heterocycles. The van der Waals surface area contributed by atoms with Crippen LogP contribution in [0.5, 0.6) is 0 Å². The van der Waals surface area contributed by atoms with Gasteiger partial charge in [-0.3, -0.25) is 4.79 Å². The summed E-state index contributed by atoms with van der Waals surface area (Å²) in [6, 6.07) is 5.38. The molecule has 1 aromatic carbocycles. The van der Waals surface area contributed by atoms with Crippen molar-refractivity contribution in [3.05, 3.63) is 33.8 Å². The molecule has 98 valence electrons. The maximum atomic E-state index is 12.0. The lowest BCUT2D eigenvalue weighted by atomic mass is 10.1. The molecular formula is C13H15Cl2NOS. The van der Waals surface area contributed by atoms with Crippen molar-refractivity contribution in [2.24, 2.45) is 5.92 Å². The number of nitrogens with zero attached hydrogens (tertiary/aromatic N) is 1. The zero-order chi connectivity index (χ0) is 13.3. The second-order valence-corrected chi connectivity index (χ2v) is 5.85. The number of thiol groups is 1. The number of likely N-dealkylation sites (tertiary alicyclic amines) is 1. The van der Waals surface area contributed by atoms with E-state index >= 15 is 0 Å². The number of hydrogen-bond acceptors (Lipinski definition) is 2. The predicted molar refractivity (Wildman–Crippen MR) is 78.6 cm³/mol. The van der Waals surface area contributed by atoms with E-state index in [0.29, 0.717) is 22.4 Å². The molecular weight excluding hydrogens is 289 g/mol. The normalized spacial score (nSPS) is 21.4. The summed E-state index contributed by atoms with van der Waals surface area (Å²) < 4.78 is 0. The quantitative estimate of drug-likeness (QED) is 0.841. The predicted octanol–water partition coefficient (Wildman–Crippen LogP) is 3.83. The van der Waals surface area contributed by atoms with Crippen LogP contribution in [0.15, 0.2) is 18.2 Å². The van der Waals surface area contributed by atoms with E-state index in [-0.39, 0.29) is 11.9 Å². The van der Waals surface area contributed by atoms with Gasteiger partial charge in [0.25, 0.3) is 0 Å². The summed E-state index contributed by atoms with van der Waals surface area (Å²) in [7, 11) is 0. The fourth-order valence-corrected chi connectivity index (χ4v) is 3.12. The molecule has 0 spiro atoms. The fraction of sp³-hybridized carbons (Fsp3) is 0.462. The molecule has 1 fully saturated rings. The lowest BCUT2D eigenvalue weighted by molar-refractivity contribution is -0.129. The zero-order valence-corrected chi connectivity index (χ0v) is 12.5. The van der Waals surface area contributed by atoms with E-state index in [1.54, 1.807) is 12.1 Å². The Balaban J connectivity index is 2.21. The van der Waals surface area contributed by atoms with E-state index in [2.05, 4.69) is 12.6 Å². The van der Waals surface area contributed by atoms with E-state index < -0.39 is 0 Å². The summed E-state index contributed by atoms with van der Waals surface area (Å²) in [5.41, 5.74) is 0.939. The molecule has 2 atom stereocenters. The first kappa shape index (κ1) is 14.0. The van der Waals surface area contributed by atoms with Crippen LogP contribution in [0.3, 0.4) is 0 Å². The van der Waals surface area contributed by atoms with E-state index in [9.17, 15) is 4.79 Å². The number of benzene rings is 1. The summed E-state index contributed by atoms with van der Waals surface area (Å²) in [6.07, 6.45) is 0.582. The van der Waals surface area contributed by atoms with E-state index in [0.717, 1.165) is 17.9 Å². The topological polar surface area (TPSA) is 20.3 Å². The Morgan fingerprint density at radius 1 is 1.50 bits per heavy atom. The Morgan fingerprint density at radius 2 is 2.22 bits per heavy atom. The number of carbonyl (C=O) groups excluding carboxylic acids is 1. The van der Waals surface area contributed by atoms with Gasteiger partial charge in [0.2, 0.25) is 5.91 Å². The Bertz CT molecular complexity index is 466. The van der Waals surface area contributed by atoms with Gasteiger partial charge in [-0.15, -0.1) is 0 Å². The maximum absolute atomic E-state index is 12.0. The second kappa shape index (κ2) is 5.72. The lowest BCUT2D eigenvalue weighted by Gasteiger charge is -2.26. The molecule has 1 aliphatic heterocycles. The maximum Gasteiger partial charge on any atom is 0.223 e. The highest BCUT2D eigenvalue weighted by Crippen LogP contribution is 2.33. The smallest absolute Gasteiger partial charge is 0.223 e.